The highest BCUT2D eigenvalue weighted by molar-refractivity contribution is 7.99. The number of hydrogen-bond acceptors (Lipinski definition) is 3. The van der Waals surface area contributed by atoms with E-state index in [1.165, 1.54) is 30.8 Å². The monoisotopic (exact) mass is 257 g/mol. The van der Waals surface area contributed by atoms with Crippen LogP contribution in [0.15, 0.2) is 0 Å². The minimum Gasteiger partial charge on any atom is -0.381 e. The molecule has 0 aromatic heterocycles. The summed E-state index contributed by atoms with van der Waals surface area (Å²) in [5.41, 5.74) is 0.974. The van der Waals surface area contributed by atoms with E-state index in [9.17, 15) is 0 Å². The molecule has 2 rings (SSSR count). The second-order valence-corrected chi connectivity index (χ2v) is 7.91. The van der Waals surface area contributed by atoms with Crippen LogP contribution in [-0.4, -0.2) is 37.3 Å². The summed E-state index contributed by atoms with van der Waals surface area (Å²) in [4.78, 5) is 0. The minimum absolute atomic E-state index is 0.463. The Hall–Kier alpha value is 0.270. The Kier molecular flexibility index (Phi) is 4.43. The van der Waals surface area contributed by atoms with Gasteiger partial charge < -0.3 is 10.1 Å². The lowest BCUT2D eigenvalue weighted by Gasteiger charge is -2.39. The van der Waals surface area contributed by atoms with E-state index in [2.05, 4.69) is 37.8 Å². The van der Waals surface area contributed by atoms with Gasteiger partial charge in [0, 0.05) is 31.6 Å². The van der Waals surface area contributed by atoms with Crippen LogP contribution in [0.1, 0.15) is 40.0 Å². The lowest BCUT2D eigenvalue weighted by molar-refractivity contribution is 0.0225. The lowest BCUT2D eigenvalue weighted by atomic mass is 9.81. The Morgan fingerprint density at radius 3 is 2.59 bits per heavy atom. The maximum atomic E-state index is 5.46. The molecule has 0 amide bonds. The summed E-state index contributed by atoms with van der Waals surface area (Å²) >= 11 is 2.11. The second kappa shape index (κ2) is 5.50. The molecule has 0 aromatic carbocycles. The van der Waals surface area contributed by atoms with Gasteiger partial charge in [-0.3, -0.25) is 0 Å². The van der Waals surface area contributed by atoms with Crippen LogP contribution in [0.3, 0.4) is 0 Å². The van der Waals surface area contributed by atoms with Crippen molar-refractivity contribution in [2.24, 2.45) is 10.8 Å². The van der Waals surface area contributed by atoms with Gasteiger partial charge >= 0.3 is 0 Å². The predicted molar refractivity (Wildman–Crippen MR) is 75.7 cm³/mol. The summed E-state index contributed by atoms with van der Waals surface area (Å²) in [5.74, 6) is 2.60. The van der Waals surface area contributed by atoms with Gasteiger partial charge in [-0.15, -0.1) is 0 Å². The number of rotatable bonds is 3. The summed E-state index contributed by atoms with van der Waals surface area (Å²) in [7, 11) is 0. The zero-order chi connectivity index (χ0) is 12.4. The third-order valence-electron chi connectivity index (χ3n) is 4.13. The van der Waals surface area contributed by atoms with Crippen LogP contribution >= 0.6 is 11.8 Å². The first-order chi connectivity index (χ1) is 7.99. The molecule has 1 unspecified atom stereocenters. The Bertz CT molecular complexity index is 249. The first-order valence-corrected chi connectivity index (χ1v) is 8.04. The Morgan fingerprint density at radius 2 is 1.94 bits per heavy atom. The molecule has 2 aliphatic heterocycles. The zero-order valence-corrected chi connectivity index (χ0v) is 12.4. The molecule has 0 bridgehead atoms. The summed E-state index contributed by atoms with van der Waals surface area (Å²) in [6.45, 7) is 10.3. The molecule has 0 aliphatic carbocycles. The van der Waals surface area contributed by atoms with E-state index < -0.39 is 0 Å². The summed E-state index contributed by atoms with van der Waals surface area (Å²) in [5, 5.41) is 3.81. The quantitative estimate of drug-likeness (QED) is 0.840. The number of thioether (sulfide) groups is 1. The van der Waals surface area contributed by atoms with E-state index in [4.69, 9.17) is 4.74 Å². The van der Waals surface area contributed by atoms with Crippen LogP contribution in [0.2, 0.25) is 0 Å². The van der Waals surface area contributed by atoms with E-state index >= 15 is 0 Å². The Balaban J connectivity index is 1.77. The van der Waals surface area contributed by atoms with Crippen molar-refractivity contribution >= 4 is 11.8 Å². The van der Waals surface area contributed by atoms with Crippen LogP contribution in [0, 0.1) is 10.8 Å². The molecule has 0 aromatic rings. The summed E-state index contributed by atoms with van der Waals surface area (Å²) in [6, 6.07) is 0.711. The third-order valence-corrected chi connectivity index (χ3v) is 5.75. The topological polar surface area (TPSA) is 21.3 Å². The molecule has 3 heteroatoms. The van der Waals surface area contributed by atoms with Gasteiger partial charge in [0.25, 0.3) is 0 Å². The van der Waals surface area contributed by atoms with Crippen LogP contribution in [0.5, 0.6) is 0 Å². The molecule has 2 aliphatic rings. The highest BCUT2D eigenvalue weighted by atomic mass is 32.2. The highest BCUT2D eigenvalue weighted by Crippen LogP contribution is 2.34. The van der Waals surface area contributed by atoms with Crippen LogP contribution < -0.4 is 5.32 Å². The molecule has 2 saturated heterocycles. The van der Waals surface area contributed by atoms with Gasteiger partial charge in [-0.1, -0.05) is 20.8 Å². The van der Waals surface area contributed by atoms with E-state index in [0.717, 1.165) is 19.8 Å². The zero-order valence-electron chi connectivity index (χ0n) is 11.6. The maximum Gasteiger partial charge on any atom is 0.0471 e. The van der Waals surface area contributed by atoms with Crippen LogP contribution in [0.25, 0.3) is 0 Å². The maximum absolute atomic E-state index is 5.46. The molecular weight excluding hydrogens is 230 g/mol. The van der Waals surface area contributed by atoms with Crippen molar-refractivity contribution in [1.82, 2.24) is 5.32 Å². The summed E-state index contributed by atoms with van der Waals surface area (Å²) in [6.07, 6.45) is 3.75. The summed E-state index contributed by atoms with van der Waals surface area (Å²) < 4.78 is 5.46. The van der Waals surface area contributed by atoms with E-state index in [1.54, 1.807) is 0 Å². The third kappa shape index (κ3) is 4.15. The van der Waals surface area contributed by atoms with Crippen molar-refractivity contribution in [2.45, 2.75) is 46.1 Å². The minimum atomic E-state index is 0.463. The highest BCUT2D eigenvalue weighted by Gasteiger charge is 2.31. The molecule has 1 N–H and O–H groups in total. The van der Waals surface area contributed by atoms with Crippen LogP contribution in [-0.2, 0) is 4.74 Å². The van der Waals surface area contributed by atoms with Crippen molar-refractivity contribution < 1.29 is 4.74 Å². The van der Waals surface area contributed by atoms with Gasteiger partial charge in [0.05, 0.1) is 0 Å². The molecule has 2 nitrogen and oxygen atoms in total. The Labute approximate surface area is 110 Å². The fraction of sp³-hybridized carbons (Fsp3) is 1.00. The molecular formula is C14H27NOS. The Morgan fingerprint density at radius 1 is 1.24 bits per heavy atom. The van der Waals surface area contributed by atoms with Crippen molar-refractivity contribution in [1.29, 1.82) is 0 Å². The average Bonchev–Trinajstić information content (AvgIpc) is 2.26. The molecule has 0 radical (unpaired) electrons. The van der Waals surface area contributed by atoms with Crippen molar-refractivity contribution in [3.63, 3.8) is 0 Å². The lowest BCUT2D eigenvalue weighted by Crippen LogP contribution is -2.46. The first-order valence-electron chi connectivity index (χ1n) is 6.88. The van der Waals surface area contributed by atoms with Gasteiger partial charge in [-0.05, 0) is 35.8 Å². The van der Waals surface area contributed by atoms with E-state index in [1.807, 2.05) is 0 Å². The number of nitrogens with one attached hydrogen (secondary N) is 1. The SMILES string of the molecule is CC1(C)CSCC(NCC2(C)CCOCC2)C1. The smallest absolute Gasteiger partial charge is 0.0471 e. The molecule has 2 fully saturated rings. The van der Waals surface area contributed by atoms with Gasteiger partial charge in [-0.25, -0.2) is 0 Å². The van der Waals surface area contributed by atoms with Crippen LogP contribution in [0.4, 0.5) is 0 Å². The fourth-order valence-electron chi connectivity index (χ4n) is 2.83. The van der Waals surface area contributed by atoms with Gasteiger partial charge in [0.1, 0.15) is 0 Å². The molecule has 17 heavy (non-hydrogen) atoms. The molecule has 0 saturated carbocycles. The normalized spacial score (nSPS) is 32.3. The van der Waals surface area contributed by atoms with Crippen molar-refractivity contribution in [2.75, 3.05) is 31.3 Å². The molecule has 2 heterocycles. The van der Waals surface area contributed by atoms with Gasteiger partial charge in [-0.2, -0.15) is 11.8 Å². The average molecular weight is 257 g/mol. The van der Waals surface area contributed by atoms with Gasteiger partial charge in [0.15, 0.2) is 0 Å². The largest absolute Gasteiger partial charge is 0.381 e. The number of ether oxygens (including phenoxy) is 1. The van der Waals surface area contributed by atoms with Gasteiger partial charge in [0.2, 0.25) is 0 Å². The fourth-order valence-corrected chi connectivity index (χ4v) is 4.13. The van der Waals surface area contributed by atoms with E-state index in [-0.39, 0.29) is 0 Å². The molecule has 100 valence electrons. The number of hydrogen-bond donors (Lipinski definition) is 1. The predicted octanol–water partition coefficient (Wildman–Crippen LogP) is 2.92. The molecule has 1 atom stereocenters. The molecule has 0 spiro atoms. The van der Waals surface area contributed by atoms with E-state index in [0.29, 0.717) is 16.9 Å². The first kappa shape index (κ1) is 13.7. The second-order valence-electron chi connectivity index (χ2n) is 6.88. The van der Waals surface area contributed by atoms with Crippen molar-refractivity contribution in [3.8, 4) is 0 Å². The van der Waals surface area contributed by atoms with Crippen molar-refractivity contribution in [3.05, 3.63) is 0 Å². The standard InChI is InChI=1S/C14H27NOS/c1-13(2)8-12(9-17-11-13)15-10-14(3)4-6-16-7-5-14/h12,15H,4-11H2,1-3H3.